The van der Waals surface area contributed by atoms with Gasteiger partial charge in [-0.3, -0.25) is 0 Å². The normalized spacial score (nSPS) is 29.2. The minimum atomic E-state index is -0.294. The number of carbonyl (C=O) groups excluding carboxylic acids is 1. The lowest BCUT2D eigenvalue weighted by Gasteiger charge is -2.20. The zero-order chi connectivity index (χ0) is 9.84. The summed E-state index contributed by atoms with van der Waals surface area (Å²) in [7, 11) is 0. The van der Waals surface area contributed by atoms with Gasteiger partial charge in [-0.2, -0.15) is 0 Å². The van der Waals surface area contributed by atoms with Crippen molar-refractivity contribution < 1.29 is 9.53 Å². The van der Waals surface area contributed by atoms with E-state index in [0.29, 0.717) is 5.92 Å². The van der Waals surface area contributed by atoms with Gasteiger partial charge < -0.3 is 10.1 Å². The number of amides is 1. The average Bonchev–Trinajstić information content (AvgIpc) is 2.46. The van der Waals surface area contributed by atoms with Gasteiger partial charge in [0.15, 0.2) is 0 Å². The van der Waals surface area contributed by atoms with Crippen molar-refractivity contribution in [3.05, 3.63) is 12.7 Å². The SMILES string of the molecule is C=CC[C@H]1OC(=O)N[C@H]1[C@H](C)CC. The Labute approximate surface area is 79.2 Å². The maximum Gasteiger partial charge on any atom is 0.407 e. The molecule has 0 aromatic rings. The monoisotopic (exact) mass is 183 g/mol. The molecule has 1 N–H and O–H groups in total. The molecule has 0 spiro atoms. The molecule has 1 aliphatic rings. The molecule has 1 rings (SSSR count). The number of nitrogens with one attached hydrogen (secondary N) is 1. The third-order valence-corrected chi connectivity index (χ3v) is 2.60. The molecule has 1 amide bonds. The van der Waals surface area contributed by atoms with E-state index in [0.717, 1.165) is 12.8 Å². The van der Waals surface area contributed by atoms with Gasteiger partial charge in [-0.05, 0) is 5.92 Å². The molecule has 0 unspecified atom stereocenters. The van der Waals surface area contributed by atoms with E-state index < -0.39 is 0 Å². The molecule has 1 heterocycles. The predicted molar refractivity (Wildman–Crippen MR) is 51.5 cm³/mol. The molecular formula is C10H17NO2. The number of carbonyl (C=O) groups is 1. The lowest BCUT2D eigenvalue weighted by molar-refractivity contribution is 0.125. The Balaban J connectivity index is 2.59. The van der Waals surface area contributed by atoms with Gasteiger partial charge in [0.2, 0.25) is 0 Å². The molecule has 3 atom stereocenters. The van der Waals surface area contributed by atoms with Crippen molar-refractivity contribution in [3.63, 3.8) is 0 Å². The van der Waals surface area contributed by atoms with Crippen LogP contribution in [0.25, 0.3) is 0 Å². The summed E-state index contributed by atoms with van der Waals surface area (Å²) < 4.78 is 5.12. The number of hydrogen-bond donors (Lipinski definition) is 1. The number of rotatable bonds is 4. The fourth-order valence-electron chi connectivity index (χ4n) is 1.60. The van der Waals surface area contributed by atoms with Crippen LogP contribution in [0.2, 0.25) is 0 Å². The Kier molecular flexibility index (Phi) is 3.34. The van der Waals surface area contributed by atoms with Gasteiger partial charge in [0.05, 0.1) is 6.04 Å². The van der Waals surface area contributed by atoms with Gasteiger partial charge in [-0.15, -0.1) is 6.58 Å². The summed E-state index contributed by atoms with van der Waals surface area (Å²) in [6, 6.07) is 0.149. The van der Waals surface area contributed by atoms with E-state index >= 15 is 0 Å². The first-order valence-corrected chi connectivity index (χ1v) is 4.77. The molecule has 3 nitrogen and oxygen atoms in total. The maximum absolute atomic E-state index is 11.0. The molecule has 0 aliphatic carbocycles. The fourth-order valence-corrected chi connectivity index (χ4v) is 1.60. The van der Waals surface area contributed by atoms with Gasteiger partial charge in [0.25, 0.3) is 0 Å². The second-order valence-corrected chi connectivity index (χ2v) is 3.52. The number of cyclic esters (lactones) is 1. The summed E-state index contributed by atoms with van der Waals surface area (Å²) in [6.07, 6.45) is 3.24. The maximum atomic E-state index is 11.0. The van der Waals surface area contributed by atoms with E-state index in [1.54, 1.807) is 6.08 Å². The molecular weight excluding hydrogens is 166 g/mol. The topological polar surface area (TPSA) is 38.3 Å². The minimum absolute atomic E-state index is 0.0278. The zero-order valence-electron chi connectivity index (χ0n) is 8.25. The summed E-state index contributed by atoms with van der Waals surface area (Å²) in [4.78, 5) is 11.0. The van der Waals surface area contributed by atoms with Crippen LogP contribution >= 0.6 is 0 Å². The summed E-state index contributed by atoms with van der Waals surface area (Å²) in [5, 5.41) is 2.83. The molecule has 1 saturated heterocycles. The minimum Gasteiger partial charge on any atom is -0.444 e. The van der Waals surface area contributed by atoms with Crippen molar-refractivity contribution in [2.24, 2.45) is 5.92 Å². The van der Waals surface area contributed by atoms with E-state index in [9.17, 15) is 4.79 Å². The van der Waals surface area contributed by atoms with Crippen molar-refractivity contribution in [2.75, 3.05) is 0 Å². The molecule has 0 radical (unpaired) electrons. The molecule has 0 aromatic carbocycles. The van der Waals surface area contributed by atoms with Crippen LogP contribution in [0.3, 0.4) is 0 Å². The molecule has 1 fully saturated rings. The predicted octanol–water partition coefficient (Wildman–Crippen LogP) is 2.09. The van der Waals surface area contributed by atoms with Crippen molar-refractivity contribution in [1.29, 1.82) is 0 Å². The average molecular weight is 183 g/mol. The standard InChI is InChI=1S/C10H17NO2/c1-4-6-8-9(7(3)5-2)11-10(12)13-8/h4,7-9H,1,5-6H2,2-3H3,(H,11,12)/t7-,8-,9+/m1/s1. The lowest BCUT2D eigenvalue weighted by Crippen LogP contribution is -2.37. The largest absolute Gasteiger partial charge is 0.444 e. The number of alkyl carbamates (subject to hydrolysis) is 1. The van der Waals surface area contributed by atoms with Crippen molar-refractivity contribution in [1.82, 2.24) is 5.32 Å². The van der Waals surface area contributed by atoms with Crippen LogP contribution < -0.4 is 5.32 Å². The van der Waals surface area contributed by atoms with E-state index in [-0.39, 0.29) is 18.2 Å². The highest BCUT2D eigenvalue weighted by atomic mass is 16.6. The summed E-state index contributed by atoms with van der Waals surface area (Å²) in [5.41, 5.74) is 0. The Morgan fingerprint density at radius 2 is 2.46 bits per heavy atom. The van der Waals surface area contributed by atoms with Gasteiger partial charge in [0, 0.05) is 6.42 Å². The van der Waals surface area contributed by atoms with Crippen molar-refractivity contribution in [2.45, 2.75) is 38.8 Å². The molecule has 74 valence electrons. The first kappa shape index (κ1) is 10.1. The van der Waals surface area contributed by atoms with Gasteiger partial charge in [-0.1, -0.05) is 26.3 Å². The molecule has 13 heavy (non-hydrogen) atoms. The smallest absolute Gasteiger partial charge is 0.407 e. The van der Waals surface area contributed by atoms with Gasteiger partial charge in [0.1, 0.15) is 6.10 Å². The second kappa shape index (κ2) is 4.30. The number of hydrogen-bond acceptors (Lipinski definition) is 2. The van der Waals surface area contributed by atoms with Crippen LogP contribution in [0.5, 0.6) is 0 Å². The van der Waals surface area contributed by atoms with Crippen molar-refractivity contribution in [3.8, 4) is 0 Å². The molecule has 1 aliphatic heterocycles. The Morgan fingerprint density at radius 1 is 1.77 bits per heavy atom. The highest BCUT2D eigenvalue weighted by Gasteiger charge is 2.35. The van der Waals surface area contributed by atoms with Crippen LogP contribution in [0.4, 0.5) is 4.79 Å². The highest BCUT2D eigenvalue weighted by Crippen LogP contribution is 2.21. The van der Waals surface area contributed by atoms with E-state index in [1.807, 2.05) is 0 Å². The summed E-state index contributed by atoms with van der Waals surface area (Å²) in [6.45, 7) is 7.88. The summed E-state index contributed by atoms with van der Waals surface area (Å²) in [5.74, 6) is 0.455. The molecule has 0 aromatic heterocycles. The number of ether oxygens (including phenoxy) is 1. The van der Waals surface area contributed by atoms with Crippen LogP contribution in [-0.2, 0) is 4.74 Å². The third kappa shape index (κ3) is 2.23. The van der Waals surface area contributed by atoms with E-state index in [1.165, 1.54) is 0 Å². The summed E-state index contributed by atoms with van der Waals surface area (Å²) >= 11 is 0. The van der Waals surface area contributed by atoms with Crippen LogP contribution in [0, 0.1) is 5.92 Å². The van der Waals surface area contributed by atoms with Crippen LogP contribution in [0.15, 0.2) is 12.7 Å². The first-order valence-electron chi connectivity index (χ1n) is 4.77. The molecule has 3 heteroatoms. The fraction of sp³-hybridized carbons (Fsp3) is 0.700. The Hall–Kier alpha value is -0.990. The van der Waals surface area contributed by atoms with Crippen molar-refractivity contribution >= 4 is 6.09 Å². The van der Waals surface area contributed by atoms with Gasteiger partial charge >= 0.3 is 6.09 Å². The second-order valence-electron chi connectivity index (χ2n) is 3.52. The van der Waals surface area contributed by atoms with Crippen LogP contribution in [-0.4, -0.2) is 18.2 Å². The first-order chi connectivity index (χ1) is 6.19. The molecule has 0 saturated carbocycles. The van der Waals surface area contributed by atoms with Gasteiger partial charge in [-0.25, -0.2) is 4.79 Å². The van der Waals surface area contributed by atoms with E-state index in [2.05, 4.69) is 25.7 Å². The Bertz CT molecular complexity index is 203. The molecule has 0 bridgehead atoms. The zero-order valence-corrected chi connectivity index (χ0v) is 8.25. The lowest BCUT2D eigenvalue weighted by atomic mass is 9.93. The van der Waals surface area contributed by atoms with E-state index in [4.69, 9.17) is 4.74 Å². The third-order valence-electron chi connectivity index (χ3n) is 2.60. The Morgan fingerprint density at radius 3 is 3.00 bits per heavy atom. The quantitative estimate of drug-likeness (QED) is 0.678. The van der Waals surface area contributed by atoms with Crippen LogP contribution in [0.1, 0.15) is 26.7 Å². The highest BCUT2D eigenvalue weighted by molar-refractivity contribution is 5.70.